The summed E-state index contributed by atoms with van der Waals surface area (Å²) in [6, 6.07) is -0.622. The van der Waals surface area contributed by atoms with Crippen molar-refractivity contribution in [2.24, 2.45) is 0 Å². The predicted octanol–water partition coefficient (Wildman–Crippen LogP) is 13.4. The number of unbranched alkanes of at least 4 members (excludes halogenated alkanes) is 23. The molecular formula is C50H92NO7+. The van der Waals surface area contributed by atoms with Gasteiger partial charge in [-0.15, -0.1) is 0 Å². The van der Waals surface area contributed by atoms with Crippen LogP contribution in [0.3, 0.4) is 0 Å². The van der Waals surface area contributed by atoms with Crippen LogP contribution in [0.2, 0.25) is 0 Å². The lowest BCUT2D eigenvalue weighted by Crippen LogP contribution is -2.50. The fraction of sp³-hybridized carbons (Fsp3) is 0.820. The number of aliphatic carboxylic acids is 1. The highest BCUT2D eigenvalue weighted by atomic mass is 16.6. The largest absolute Gasteiger partial charge is 0.477 e. The van der Waals surface area contributed by atoms with Crippen LogP contribution >= 0.6 is 0 Å². The molecule has 2 unspecified atom stereocenters. The van der Waals surface area contributed by atoms with Gasteiger partial charge in [-0.1, -0.05) is 172 Å². The highest BCUT2D eigenvalue weighted by Crippen LogP contribution is 2.14. The summed E-state index contributed by atoms with van der Waals surface area (Å²) in [6.45, 7) is 4.68. The van der Waals surface area contributed by atoms with Crippen molar-refractivity contribution in [3.8, 4) is 0 Å². The average molecular weight is 819 g/mol. The van der Waals surface area contributed by atoms with Gasteiger partial charge >= 0.3 is 17.9 Å². The highest BCUT2D eigenvalue weighted by molar-refractivity contribution is 5.72. The summed E-state index contributed by atoms with van der Waals surface area (Å²) < 4.78 is 17.2. The van der Waals surface area contributed by atoms with Crippen LogP contribution in [0.4, 0.5) is 0 Å². The van der Waals surface area contributed by atoms with Crippen LogP contribution in [0.5, 0.6) is 0 Å². The zero-order valence-corrected chi connectivity index (χ0v) is 38.5. The van der Waals surface area contributed by atoms with E-state index in [-0.39, 0.29) is 42.7 Å². The van der Waals surface area contributed by atoms with Crippen molar-refractivity contribution in [1.29, 1.82) is 0 Å². The van der Waals surface area contributed by atoms with E-state index in [1.807, 2.05) is 27.2 Å². The third kappa shape index (κ3) is 39.0. The molecule has 0 aliphatic carbocycles. The number of carboxylic acids is 1. The normalized spacial score (nSPS) is 13.2. The molecule has 0 fully saturated rings. The molecule has 8 heteroatoms. The predicted molar refractivity (Wildman–Crippen MR) is 243 cm³/mol. The van der Waals surface area contributed by atoms with Crippen molar-refractivity contribution in [2.45, 2.75) is 225 Å². The van der Waals surface area contributed by atoms with Gasteiger partial charge in [-0.25, -0.2) is 4.79 Å². The Bertz CT molecular complexity index is 1050. The Morgan fingerprint density at radius 1 is 0.517 bits per heavy atom. The first-order chi connectivity index (χ1) is 28.1. The maximum absolute atomic E-state index is 12.7. The van der Waals surface area contributed by atoms with Gasteiger partial charge in [-0.2, -0.15) is 0 Å². The monoisotopic (exact) mass is 819 g/mol. The Kier molecular flexibility index (Phi) is 39.5. The second kappa shape index (κ2) is 41.3. The van der Waals surface area contributed by atoms with Crippen LogP contribution in [0, 0.1) is 0 Å². The first-order valence-electron chi connectivity index (χ1n) is 24.0. The van der Waals surface area contributed by atoms with Crippen LogP contribution in [0.15, 0.2) is 36.5 Å². The number of carbonyl (C=O) groups is 3. The number of esters is 2. The fourth-order valence-electron chi connectivity index (χ4n) is 7.02. The zero-order valence-electron chi connectivity index (χ0n) is 38.5. The molecule has 8 nitrogen and oxygen atoms in total. The van der Waals surface area contributed by atoms with Crippen LogP contribution in [-0.2, 0) is 28.6 Å². The number of carboxylic acid groups (broad SMARTS) is 1. The quantitative estimate of drug-likeness (QED) is 0.0283. The summed E-state index contributed by atoms with van der Waals surface area (Å²) in [5.41, 5.74) is 0. The lowest BCUT2D eigenvalue weighted by molar-refractivity contribution is -0.887. The molecule has 0 heterocycles. The maximum atomic E-state index is 12.7. The Balaban J connectivity index is 4.31. The van der Waals surface area contributed by atoms with Crippen molar-refractivity contribution in [2.75, 3.05) is 41.0 Å². The van der Waals surface area contributed by atoms with E-state index in [9.17, 15) is 19.5 Å². The summed E-state index contributed by atoms with van der Waals surface area (Å²) in [4.78, 5) is 37.0. The summed E-state index contributed by atoms with van der Waals surface area (Å²) in [5.74, 6) is -1.55. The molecule has 0 radical (unpaired) electrons. The highest BCUT2D eigenvalue weighted by Gasteiger charge is 2.31. The van der Waals surface area contributed by atoms with Crippen molar-refractivity contribution >= 4 is 17.9 Å². The van der Waals surface area contributed by atoms with E-state index in [1.165, 1.54) is 141 Å². The van der Waals surface area contributed by atoms with Crippen LogP contribution in [0.25, 0.3) is 0 Å². The lowest BCUT2D eigenvalue weighted by Gasteiger charge is -2.31. The zero-order chi connectivity index (χ0) is 42.8. The molecule has 0 aromatic rings. The number of hydrogen-bond acceptors (Lipinski definition) is 6. The van der Waals surface area contributed by atoms with Crippen molar-refractivity contribution in [3.63, 3.8) is 0 Å². The lowest BCUT2D eigenvalue weighted by atomic mass is 10.1. The molecule has 0 aliphatic rings. The SMILES string of the molecule is CCCCCCCC/C=C/C/C=C/CCC(=O)OCC(COCCC(C(=O)O)[N+](C)(C)C)OC(=O)CCCCCCCCC/C=C/CCCCCCCCCCCC. The molecular weight excluding hydrogens is 727 g/mol. The number of allylic oxidation sites excluding steroid dienone is 6. The summed E-state index contributed by atoms with van der Waals surface area (Å²) in [6.07, 6.45) is 47.8. The first kappa shape index (κ1) is 55.5. The number of rotatable bonds is 43. The minimum atomic E-state index is -0.881. The van der Waals surface area contributed by atoms with Gasteiger partial charge in [0, 0.05) is 19.3 Å². The smallest absolute Gasteiger partial charge is 0.362 e. The first-order valence-corrected chi connectivity index (χ1v) is 24.0. The van der Waals surface area contributed by atoms with E-state index in [2.05, 4.69) is 44.2 Å². The molecule has 0 spiro atoms. The second-order valence-corrected chi connectivity index (χ2v) is 17.4. The van der Waals surface area contributed by atoms with Gasteiger partial charge in [-0.3, -0.25) is 9.59 Å². The molecule has 58 heavy (non-hydrogen) atoms. The minimum absolute atomic E-state index is 0.0436. The molecule has 0 bridgehead atoms. The van der Waals surface area contributed by atoms with E-state index < -0.39 is 18.1 Å². The van der Waals surface area contributed by atoms with E-state index in [1.54, 1.807) is 0 Å². The Morgan fingerprint density at radius 2 is 0.948 bits per heavy atom. The Hall–Kier alpha value is -2.45. The van der Waals surface area contributed by atoms with Crippen molar-refractivity contribution in [3.05, 3.63) is 36.5 Å². The van der Waals surface area contributed by atoms with E-state index in [0.717, 1.165) is 32.1 Å². The van der Waals surface area contributed by atoms with Gasteiger partial charge in [0.05, 0.1) is 34.4 Å². The molecule has 0 aromatic heterocycles. The number of likely N-dealkylation sites (N-methyl/N-ethyl adjacent to an activating group) is 1. The van der Waals surface area contributed by atoms with Gasteiger partial charge in [0.25, 0.3) is 0 Å². The molecule has 0 saturated heterocycles. The van der Waals surface area contributed by atoms with Gasteiger partial charge in [0.15, 0.2) is 12.1 Å². The molecule has 0 rings (SSSR count). The van der Waals surface area contributed by atoms with Crippen LogP contribution < -0.4 is 0 Å². The molecule has 0 aromatic carbocycles. The standard InChI is InChI=1S/C50H91NO7/c1-6-8-10-12-14-16-18-20-21-22-23-24-25-26-27-29-31-33-35-37-39-41-49(53)58-46(44-56-43-42-47(50(54)55)51(3,4)5)45-57-48(52)40-38-36-34-32-30-28-19-17-15-13-11-9-7-2/h24-25,28,30,34,36,46-47H,6-23,26-27,29,31-33,35,37-45H2,1-5H3/p+1/b25-24+,30-28+,36-34+. The van der Waals surface area contributed by atoms with Gasteiger partial charge < -0.3 is 23.8 Å². The third-order valence-electron chi connectivity index (χ3n) is 10.8. The van der Waals surface area contributed by atoms with Crippen molar-refractivity contribution < 1.29 is 38.2 Å². The van der Waals surface area contributed by atoms with Crippen LogP contribution in [-0.4, -0.2) is 80.6 Å². The third-order valence-corrected chi connectivity index (χ3v) is 10.8. The van der Waals surface area contributed by atoms with E-state index in [0.29, 0.717) is 19.3 Å². The van der Waals surface area contributed by atoms with Gasteiger partial charge in [-0.05, 0) is 57.8 Å². The van der Waals surface area contributed by atoms with E-state index >= 15 is 0 Å². The average Bonchev–Trinajstić information content (AvgIpc) is 3.18. The minimum Gasteiger partial charge on any atom is -0.477 e. The topological polar surface area (TPSA) is 99.1 Å². The molecule has 2 atom stereocenters. The molecule has 0 amide bonds. The summed E-state index contributed by atoms with van der Waals surface area (Å²) >= 11 is 0. The maximum Gasteiger partial charge on any atom is 0.362 e. The van der Waals surface area contributed by atoms with E-state index in [4.69, 9.17) is 14.2 Å². The van der Waals surface area contributed by atoms with Crippen LogP contribution in [0.1, 0.15) is 213 Å². The van der Waals surface area contributed by atoms with Crippen molar-refractivity contribution in [1.82, 2.24) is 0 Å². The number of hydrogen-bond donors (Lipinski definition) is 1. The molecule has 1 N–H and O–H groups in total. The Labute approximate surface area is 357 Å². The van der Waals surface area contributed by atoms with Gasteiger partial charge in [0.1, 0.15) is 6.61 Å². The number of carbonyl (C=O) groups excluding carboxylic acids is 2. The Morgan fingerprint density at radius 3 is 1.41 bits per heavy atom. The number of quaternary nitrogens is 1. The van der Waals surface area contributed by atoms with Gasteiger partial charge in [0.2, 0.25) is 0 Å². The summed E-state index contributed by atoms with van der Waals surface area (Å²) in [7, 11) is 5.52. The summed E-state index contributed by atoms with van der Waals surface area (Å²) in [5, 5.41) is 9.63. The fourth-order valence-corrected chi connectivity index (χ4v) is 7.02. The molecule has 0 saturated carbocycles. The number of nitrogens with zero attached hydrogens (tertiary/aromatic N) is 1. The molecule has 338 valence electrons. The number of ether oxygens (including phenoxy) is 3. The molecule has 0 aliphatic heterocycles. The second-order valence-electron chi connectivity index (χ2n) is 17.4.